The largest absolute Gasteiger partial charge is 0.317 e. The Bertz CT molecular complexity index is 342. The first-order chi connectivity index (χ1) is 8.37. The van der Waals surface area contributed by atoms with Crippen molar-refractivity contribution in [1.82, 2.24) is 9.62 Å². The summed E-state index contributed by atoms with van der Waals surface area (Å²) in [6, 6.07) is 0. The highest BCUT2D eigenvalue weighted by Crippen LogP contribution is 2.31. The van der Waals surface area contributed by atoms with Crippen LogP contribution in [0.1, 0.15) is 33.6 Å². The van der Waals surface area contributed by atoms with Gasteiger partial charge in [-0.2, -0.15) is 11.8 Å². The van der Waals surface area contributed by atoms with Gasteiger partial charge in [-0.1, -0.05) is 20.8 Å². The predicted octanol–water partition coefficient (Wildman–Crippen LogP) is 1.53. The highest BCUT2D eigenvalue weighted by molar-refractivity contribution is 8.00. The molecule has 0 aromatic carbocycles. The molecule has 0 atom stereocenters. The van der Waals surface area contributed by atoms with E-state index in [-0.39, 0.29) is 10.5 Å². The van der Waals surface area contributed by atoms with Crippen molar-refractivity contribution in [1.29, 1.82) is 0 Å². The molecule has 1 heterocycles. The lowest BCUT2D eigenvalue weighted by molar-refractivity contribution is 0.414. The molecule has 0 aromatic heterocycles. The maximum Gasteiger partial charge on any atom is 0.214 e. The molecule has 0 aromatic rings. The maximum absolute atomic E-state index is 12.2. The topological polar surface area (TPSA) is 49.4 Å². The first-order valence-corrected chi connectivity index (χ1v) is 9.29. The van der Waals surface area contributed by atoms with E-state index in [0.29, 0.717) is 19.5 Å². The van der Waals surface area contributed by atoms with Crippen molar-refractivity contribution in [2.24, 2.45) is 0 Å². The van der Waals surface area contributed by atoms with Gasteiger partial charge in [0.05, 0.1) is 5.75 Å². The molecule has 0 spiro atoms. The SMILES string of the molecule is CCNCCCS(=O)(=O)N1CCSC(C)(C)CC1. The Labute approximate surface area is 116 Å². The molecule has 1 N–H and O–H groups in total. The first-order valence-electron chi connectivity index (χ1n) is 6.70. The summed E-state index contributed by atoms with van der Waals surface area (Å²) in [4.78, 5) is 0. The number of thioether (sulfide) groups is 1. The molecular formula is C12H26N2O2S2. The highest BCUT2D eigenvalue weighted by Gasteiger charge is 2.29. The number of hydrogen-bond acceptors (Lipinski definition) is 4. The Morgan fingerprint density at radius 2 is 2.06 bits per heavy atom. The third-order valence-electron chi connectivity index (χ3n) is 3.20. The van der Waals surface area contributed by atoms with Crippen molar-refractivity contribution in [3.63, 3.8) is 0 Å². The van der Waals surface area contributed by atoms with Gasteiger partial charge in [0.2, 0.25) is 10.0 Å². The fraction of sp³-hybridized carbons (Fsp3) is 1.00. The summed E-state index contributed by atoms with van der Waals surface area (Å²) in [7, 11) is -3.06. The Hall–Kier alpha value is 0.220. The zero-order chi connectivity index (χ0) is 13.6. The minimum atomic E-state index is -3.06. The molecule has 18 heavy (non-hydrogen) atoms. The van der Waals surface area contributed by atoms with Crippen molar-refractivity contribution in [3.8, 4) is 0 Å². The third kappa shape index (κ3) is 5.47. The van der Waals surface area contributed by atoms with E-state index in [1.165, 1.54) is 0 Å². The van der Waals surface area contributed by atoms with Crippen LogP contribution in [0.2, 0.25) is 0 Å². The van der Waals surface area contributed by atoms with Crippen LogP contribution >= 0.6 is 11.8 Å². The summed E-state index contributed by atoms with van der Waals surface area (Å²) in [6.45, 7) is 9.43. The van der Waals surface area contributed by atoms with Crippen LogP contribution in [0.4, 0.5) is 0 Å². The number of nitrogens with zero attached hydrogens (tertiary/aromatic N) is 1. The monoisotopic (exact) mass is 294 g/mol. The van der Waals surface area contributed by atoms with E-state index < -0.39 is 10.0 Å². The average Bonchev–Trinajstić information content (AvgIpc) is 2.46. The van der Waals surface area contributed by atoms with Crippen molar-refractivity contribution < 1.29 is 8.42 Å². The van der Waals surface area contributed by atoms with Crippen molar-refractivity contribution in [3.05, 3.63) is 0 Å². The van der Waals surface area contributed by atoms with Gasteiger partial charge in [0, 0.05) is 23.6 Å². The molecule has 108 valence electrons. The first kappa shape index (κ1) is 16.3. The lowest BCUT2D eigenvalue weighted by atomic mass is 10.1. The molecule has 1 fully saturated rings. The molecule has 6 heteroatoms. The van der Waals surface area contributed by atoms with Crippen LogP contribution in [0, 0.1) is 0 Å². The minimum absolute atomic E-state index is 0.202. The van der Waals surface area contributed by atoms with Crippen molar-refractivity contribution in [2.75, 3.05) is 37.7 Å². The van der Waals surface area contributed by atoms with Gasteiger partial charge in [0.15, 0.2) is 0 Å². The van der Waals surface area contributed by atoms with Gasteiger partial charge in [-0.15, -0.1) is 0 Å². The summed E-state index contributed by atoms with van der Waals surface area (Å²) in [6.07, 6.45) is 1.63. The molecule has 4 nitrogen and oxygen atoms in total. The minimum Gasteiger partial charge on any atom is -0.317 e. The maximum atomic E-state index is 12.2. The summed E-state index contributed by atoms with van der Waals surface area (Å²) >= 11 is 1.87. The van der Waals surface area contributed by atoms with E-state index in [4.69, 9.17) is 0 Å². The quantitative estimate of drug-likeness (QED) is 0.755. The Morgan fingerprint density at radius 1 is 1.33 bits per heavy atom. The number of sulfonamides is 1. The van der Waals surface area contributed by atoms with Gasteiger partial charge in [-0.25, -0.2) is 12.7 Å². The second-order valence-corrected chi connectivity index (χ2v) is 9.17. The molecule has 1 rings (SSSR count). The van der Waals surface area contributed by atoms with Crippen LogP contribution in [0.15, 0.2) is 0 Å². The molecule has 0 bridgehead atoms. The molecule has 0 aliphatic carbocycles. The number of hydrogen-bond donors (Lipinski definition) is 1. The smallest absolute Gasteiger partial charge is 0.214 e. The Kier molecular flexibility index (Phi) is 6.44. The van der Waals surface area contributed by atoms with Crippen LogP contribution < -0.4 is 5.32 Å². The Balaban J connectivity index is 2.46. The molecule has 0 saturated carbocycles. The van der Waals surface area contributed by atoms with E-state index in [9.17, 15) is 8.42 Å². The van der Waals surface area contributed by atoms with Gasteiger partial charge in [0.1, 0.15) is 0 Å². The second-order valence-electron chi connectivity index (χ2n) is 5.28. The highest BCUT2D eigenvalue weighted by atomic mass is 32.2. The van der Waals surface area contributed by atoms with Gasteiger partial charge in [-0.3, -0.25) is 0 Å². The molecule has 1 aliphatic heterocycles. The van der Waals surface area contributed by atoms with E-state index in [1.54, 1.807) is 4.31 Å². The molecular weight excluding hydrogens is 268 g/mol. The van der Waals surface area contributed by atoms with Crippen LogP contribution in [0.3, 0.4) is 0 Å². The standard InChI is InChI=1S/C12H26N2O2S2/c1-4-13-7-5-11-18(15,16)14-8-6-12(2,3)17-10-9-14/h13H,4-11H2,1-3H3. The molecule has 1 saturated heterocycles. The Morgan fingerprint density at radius 3 is 2.72 bits per heavy atom. The molecule has 1 aliphatic rings. The lowest BCUT2D eigenvalue weighted by Crippen LogP contribution is -2.36. The third-order valence-corrected chi connectivity index (χ3v) is 6.52. The molecule has 0 unspecified atom stereocenters. The van der Waals surface area contributed by atoms with Gasteiger partial charge in [0.25, 0.3) is 0 Å². The zero-order valence-electron chi connectivity index (χ0n) is 11.7. The summed E-state index contributed by atoms with van der Waals surface area (Å²) in [5, 5.41) is 3.16. The summed E-state index contributed by atoms with van der Waals surface area (Å²) in [5.74, 6) is 1.17. The second kappa shape index (κ2) is 7.12. The lowest BCUT2D eigenvalue weighted by Gasteiger charge is -2.22. The summed E-state index contributed by atoms with van der Waals surface area (Å²) in [5.41, 5.74) is 0. The van der Waals surface area contributed by atoms with Gasteiger partial charge < -0.3 is 5.32 Å². The van der Waals surface area contributed by atoms with Crippen LogP contribution in [0.25, 0.3) is 0 Å². The normalized spacial score (nSPS) is 21.7. The average molecular weight is 294 g/mol. The van der Waals surface area contributed by atoms with Gasteiger partial charge >= 0.3 is 0 Å². The summed E-state index contributed by atoms with van der Waals surface area (Å²) < 4.78 is 26.3. The molecule has 0 amide bonds. The zero-order valence-corrected chi connectivity index (χ0v) is 13.4. The van der Waals surface area contributed by atoms with E-state index >= 15 is 0 Å². The predicted molar refractivity (Wildman–Crippen MR) is 79.7 cm³/mol. The van der Waals surface area contributed by atoms with Crippen molar-refractivity contribution >= 4 is 21.8 Å². The van der Waals surface area contributed by atoms with Crippen LogP contribution in [-0.4, -0.2) is 55.2 Å². The molecule has 0 radical (unpaired) electrons. The fourth-order valence-electron chi connectivity index (χ4n) is 1.97. The van der Waals surface area contributed by atoms with Crippen molar-refractivity contribution in [2.45, 2.75) is 38.4 Å². The van der Waals surface area contributed by atoms with E-state index in [2.05, 4.69) is 19.2 Å². The van der Waals surface area contributed by atoms with Gasteiger partial charge in [-0.05, 0) is 25.9 Å². The van der Waals surface area contributed by atoms with E-state index in [1.807, 2.05) is 18.7 Å². The number of rotatable bonds is 6. The fourth-order valence-corrected chi connectivity index (χ4v) is 4.69. The van der Waals surface area contributed by atoms with Crippen LogP contribution in [-0.2, 0) is 10.0 Å². The van der Waals surface area contributed by atoms with E-state index in [0.717, 1.165) is 25.3 Å². The van der Waals surface area contributed by atoms with Crippen LogP contribution in [0.5, 0.6) is 0 Å². The number of nitrogens with one attached hydrogen (secondary N) is 1.